The molecule has 3 nitrogen and oxygen atoms in total. The van der Waals surface area contributed by atoms with Crippen LogP contribution in [0, 0.1) is 11.3 Å². The lowest BCUT2D eigenvalue weighted by atomic mass is 9.58. The van der Waals surface area contributed by atoms with Gasteiger partial charge in [0, 0.05) is 0 Å². The maximum atomic E-state index is 10.7. The smallest absolute Gasteiger partial charge is 0.0609 e. The van der Waals surface area contributed by atoms with E-state index in [0.29, 0.717) is 5.92 Å². The Balaban J connectivity index is 1.51. The van der Waals surface area contributed by atoms with Gasteiger partial charge in [0.1, 0.15) is 0 Å². The van der Waals surface area contributed by atoms with E-state index < -0.39 is 0 Å². The zero-order valence-corrected chi connectivity index (χ0v) is 14.3. The number of fused-ring (bicyclic) bond motifs is 2. The monoisotopic (exact) mass is 322 g/mol. The summed E-state index contributed by atoms with van der Waals surface area (Å²) in [6, 6.07) is 10.3. The molecule has 1 aromatic carbocycles. The fourth-order valence-corrected chi connectivity index (χ4v) is 4.73. The minimum absolute atomic E-state index is 0.173. The van der Waals surface area contributed by atoms with Crippen LogP contribution in [-0.4, -0.2) is 21.4 Å². The van der Waals surface area contributed by atoms with Crippen molar-refractivity contribution in [2.75, 3.05) is 0 Å². The van der Waals surface area contributed by atoms with Gasteiger partial charge in [0.05, 0.1) is 18.0 Å². The number of hydrogen-bond acceptors (Lipinski definition) is 2. The quantitative estimate of drug-likeness (QED) is 0.888. The van der Waals surface area contributed by atoms with Crippen molar-refractivity contribution in [3.05, 3.63) is 58.9 Å². The molecule has 2 N–H and O–H groups in total. The van der Waals surface area contributed by atoms with E-state index in [4.69, 9.17) is 0 Å². The molecule has 0 unspecified atom stereocenters. The predicted octanol–water partition coefficient (Wildman–Crippen LogP) is 4.15. The van der Waals surface area contributed by atoms with Crippen LogP contribution < -0.4 is 0 Å². The van der Waals surface area contributed by atoms with E-state index in [-0.39, 0.29) is 11.5 Å². The zero-order chi connectivity index (χ0) is 16.6. The van der Waals surface area contributed by atoms with Crippen molar-refractivity contribution in [1.29, 1.82) is 0 Å². The molecule has 4 rings (SSSR count). The second-order valence-corrected chi connectivity index (χ2v) is 7.74. The van der Waals surface area contributed by atoms with Crippen LogP contribution in [0.3, 0.4) is 0 Å². The first-order chi connectivity index (χ1) is 11.6. The number of benzene rings is 1. The highest BCUT2D eigenvalue weighted by Gasteiger charge is 2.43. The summed E-state index contributed by atoms with van der Waals surface area (Å²) >= 11 is 0. The van der Waals surface area contributed by atoms with Gasteiger partial charge in [-0.3, -0.25) is 5.10 Å². The maximum Gasteiger partial charge on any atom is 0.0609 e. The number of aliphatic hydroxyl groups excluding tert-OH is 1. The number of rotatable bonds is 4. The van der Waals surface area contributed by atoms with Crippen molar-refractivity contribution in [1.82, 2.24) is 10.2 Å². The molecule has 24 heavy (non-hydrogen) atoms. The maximum absolute atomic E-state index is 10.7. The van der Waals surface area contributed by atoms with E-state index >= 15 is 0 Å². The van der Waals surface area contributed by atoms with Crippen molar-refractivity contribution in [3.8, 4) is 0 Å². The predicted molar refractivity (Wildman–Crippen MR) is 96.5 cm³/mol. The van der Waals surface area contributed by atoms with Gasteiger partial charge >= 0.3 is 0 Å². The Morgan fingerprint density at radius 1 is 1.33 bits per heavy atom. The third-order valence-electron chi connectivity index (χ3n) is 6.13. The van der Waals surface area contributed by atoms with Gasteiger partial charge in [-0.2, -0.15) is 5.10 Å². The van der Waals surface area contributed by atoms with Gasteiger partial charge in [-0.1, -0.05) is 42.8 Å². The van der Waals surface area contributed by atoms with Crippen LogP contribution >= 0.6 is 0 Å². The molecule has 0 amide bonds. The lowest BCUT2D eigenvalue weighted by molar-refractivity contribution is 0.0836. The van der Waals surface area contributed by atoms with Crippen molar-refractivity contribution < 1.29 is 5.11 Å². The summed E-state index contributed by atoms with van der Waals surface area (Å²) in [5.74, 6) is 0.541. The molecule has 126 valence electrons. The Labute approximate surface area is 143 Å². The van der Waals surface area contributed by atoms with Gasteiger partial charge in [0.25, 0.3) is 0 Å². The Morgan fingerprint density at radius 3 is 3.00 bits per heavy atom. The summed E-state index contributed by atoms with van der Waals surface area (Å²) < 4.78 is 0. The molecule has 0 radical (unpaired) electrons. The van der Waals surface area contributed by atoms with Gasteiger partial charge in [0.2, 0.25) is 0 Å². The third kappa shape index (κ3) is 2.82. The molecule has 2 aliphatic carbocycles. The summed E-state index contributed by atoms with van der Waals surface area (Å²) in [6.45, 7) is 2.40. The van der Waals surface area contributed by atoms with Crippen molar-refractivity contribution >= 4 is 6.08 Å². The van der Waals surface area contributed by atoms with Crippen LogP contribution in [0.4, 0.5) is 0 Å². The molecule has 1 fully saturated rings. The number of nitrogens with zero attached hydrogens (tertiary/aromatic N) is 1. The van der Waals surface area contributed by atoms with Crippen LogP contribution in [0.2, 0.25) is 0 Å². The van der Waals surface area contributed by atoms with E-state index in [0.717, 1.165) is 19.3 Å². The SMILES string of the molecule is C[C@]12Cc3cn[nH]c3C=C1CCC[C@@H]2C[C@@H](O)Cc1ccccc1. The molecule has 0 aliphatic heterocycles. The summed E-state index contributed by atoms with van der Waals surface area (Å²) in [5, 5.41) is 18.0. The Hall–Kier alpha value is -1.87. The molecular formula is C21H26N2O. The van der Waals surface area contributed by atoms with Crippen molar-refractivity contribution in [2.45, 2.75) is 51.6 Å². The number of aromatic amines is 1. The van der Waals surface area contributed by atoms with Gasteiger partial charge < -0.3 is 5.11 Å². The average molecular weight is 322 g/mol. The lowest BCUT2D eigenvalue weighted by Gasteiger charge is -2.46. The van der Waals surface area contributed by atoms with Crippen LogP contribution in [0.25, 0.3) is 6.08 Å². The van der Waals surface area contributed by atoms with Crippen LogP contribution in [0.1, 0.15) is 49.4 Å². The Kier molecular flexibility index (Phi) is 4.05. The molecule has 1 heterocycles. The fourth-order valence-electron chi connectivity index (χ4n) is 4.73. The minimum atomic E-state index is -0.265. The van der Waals surface area contributed by atoms with E-state index in [9.17, 15) is 5.11 Å². The summed E-state index contributed by atoms with van der Waals surface area (Å²) in [6.07, 6.45) is 10.3. The largest absolute Gasteiger partial charge is 0.393 e. The van der Waals surface area contributed by atoms with E-state index in [1.807, 2.05) is 24.4 Å². The first-order valence-electron chi connectivity index (χ1n) is 9.10. The standard InChI is InChI=1S/C21H26N2O/c1-21-13-16-14-22-23-20(16)12-18(21)9-5-8-17(21)11-19(24)10-15-6-3-2-4-7-15/h2-4,6-7,12,14,17,19,24H,5,8-11,13H2,1H3,(H,22,23)/t17-,19+,21-/m1/s1. The highest BCUT2D eigenvalue weighted by molar-refractivity contribution is 5.58. The molecule has 0 spiro atoms. The number of aromatic nitrogens is 2. The number of aliphatic hydroxyl groups is 1. The molecule has 3 heteroatoms. The van der Waals surface area contributed by atoms with Crippen LogP contribution in [0.5, 0.6) is 0 Å². The summed E-state index contributed by atoms with van der Waals surface area (Å²) in [4.78, 5) is 0. The molecule has 3 atom stereocenters. The van der Waals surface area contributed by atoms with Gasteiger partial charge in [-0.25, -0.2) is 0 Å². The van der Waals surface area contributed by atoms with Crippen molar-refractivity contribution in [3.63, 3.8) is 0 Å². The third-order valence-corrected chi connectivity index (χ3v) is 6.13. The van der Waals surface area contributed by atoms with Crippen LogP contribution in [-0.2, 0) is 12.8 Å². The number of H-pyrrole nitrogens is 1. The molecular weight excluding hydrogens is 296 g/mol. The van der Waals surface area contributed by atoms with Gasteiger partial charge in [0.15, 0.2) is 0 Å². The van der Waals surface area contributed by atoms with Crippen molar-refractivity contribution in [2.24, 2.45) is 11.3 Å². The second kappa shape index (κ2) is 6.21. The Morgan fingerprint density at radius 2 is 2.17 bits per heavy atom. The average Bonchev–Trinajstić information content (AvgIpc) is 3.01. The van der Waals surface area contributed by atoms with E-state index in [1.54, 1.807) is 5.57 Å². The normalized spacial score (nSPS) is 27.1. The first kappa shape index (κ1) is 15.6. The highest BCUT2D eigenvalue weighted by atomic mass is 16.3. The number of nitrogens with one attached hydrogen (secondary N) is 1. The molecule has 1 saturated carbocycles. The molecule has 0 saturated heterocycles. The molecule has 0 bridgehead atoms. The number of allylic oxidation sites excluding steroid dienone is 1. The minimum Gasteiger partial charge on any atom is -0.393 e. The molecule has 2 aromatic rings. The van der Waals surface area contributed by atoms with Gasteiger partial charge in [-0.05, 0) is 67.1 Å². The topological polar surface area (TPSA) is 48.9 Å². The number of hydrogen-bond donors (Lipinski definition) is 2. The molecule has 2 aliphatic rings. The Bertz CT molecular complexity index is 733. The fraction of sp³-hybridized carbons (Fsp3) is 0.476. The summed E-state index contributed by atoms with van der Waals surface area (Å²) in [5.41, 5.74) is 5.45. The zero-order valence-electron chi connectivity index (χ0n) is 14.3. The second-order valence-electron chi connectivity index (χ2n) is 7.74. The van der Waals surface area contributed by atoms with E-state index in [1.165, 1.54) is 36.1 Å². The van der Waals surface area contributed by atoms with Crippen LogP contribution in [0.15, 0.2) is 42.1 Å². The van der Waals surface area contributed by atoms with Gasteiger partial charge in [-0.15, -0.1) is 0 Å². The summed E-state index contributed by atoms with van der Waals surface area (Å²) in [7, 11) is 0. The lowest BCUT2D eigenvalue weighted by Crippen LogP contribution is -2.39. The first-order valence-corrected chi connectivity index (χ1v) is 9.10. The highest BCUT2D eigenvalue weighted by Crippen LogP contribution is 2.52. The molecule has 1 aromatic heterocycles. The van der Waals surface area contributed by atoms with E-state index in [2.05, 4.69) is 35.3 Å².